The van der Waals surface area contributed by atoms with Gasteiger partial charge in [0.1, 0.15) is 0 Å². The van der Waals surface area contributed by atoms with E-state index in [0.717, 1.165) is 15.6 Å². The summed E-state index contributed by atoms with van der Waals surface area (Å²) in [7, 11) is 0. The van der Waals surface area contributed by atoms with Crippen LogP contribution in [0.1, 0.15) is 36.8 Å². The average molecular weight is 273 g/mol. The summed E-state index contributed by atoms with van der Waals surface area (Å²) in [4.78, 5) is 0. The number of hydrogen-bond donors (Lipinski definition) is 2. The normalized spacial score (nSPS) is 15.0. The van der Waals surface area contributed by atoms with E-state index in [0.29, 0.717) is 0 Å². The lowest BCUT2D eigenvalue weighted by atomic mass is 9.95. The maximum atomic E-state index is 9.13. The molecule has 0 saturated carbocycles. The van der Waals surface area contributed by atoms with Crippen molar-refractivity contribution < 1.29 is 10.2 Å². The van der Waals surface area contributed by atoms with E-state index in [4.69, 9.17) is 10.2 Å². The molecule has 0 aliphatic heterocycles. The van der Waals surface area contributed by atoms with E-state index in [1.54, 1.807) is 0 Å². The Labute approximate surface area is 99.1 Å². The Bertz CT molecular complexity index is 325. The van der Waals surface area contributed by atoms with Crippen molar-refractivity contribution in [3.05, 3.63) is 33.8 Å². The third-order valence-electron chi connectivity index (χ3n) is 2.67. The molecule has 0 bridgehead atoms. The predicted molar refractivity (Wildman–Crippen MR) is 65.1 cm³/mol. The zero-order valence-corrected chi connectivity index (χ0v) is 10.7. The molecule has 0 saturated heterocycles. The molecular formula is C12H17BrO2. The lowest BCUT2D eigenvalue weighted by molar-refractivity contribution is 0.270. The van der Waals surface area contributed by atoms with Gasteiger partial charge in [-0.2, -0.15) is 0 Å². The van der Waals surface area contributed by atoms with Crippen LogP contribution in [0, 0.1) is 0 Å². The second-order valence-electron chi connectivity index (χ2n) is 3.95. The molecule has 0 heterocycles. The number of aliphatic hydroxyl groups is 2. The Hall–Kier alpha value is -0.380. The van der Waals surface area contributed by atoms with Crippen molar-refractivity contribution in [3.63, 3.8) is 0 Å². The van der Waals surface area contributed by atoms with Gasteiger partial charge in [-0.05, 0) is 17.2 Å². The van der Waals surface area contributed by atoms with Gasteiger partial charge in [0.05, 0.1) is 0 Å². The molecule has 2 nitrogen and oxygen atoms in total. The number of halogens is 1. The lowest BCUT2D eigenvalue weighted by Crippen LogP contribution is -2.04. The molecule has 0 aliphatic carbocycles. The number of aliphatic hydroxyl groups excluding tert-OH is 2. The highest BCUT2D eigenvalue weighted by Gasteiger charge is 2.11. The first kappa shape index (κ1) is 12.7. The van der Waals surface area contributed by atoms with Gasteiger partial charge in [-0.25, -0.2) is 0 Å². The van der Waals surface area contributed by atoms with Crippen LogP contribution in [0.2, 0.25) is 0 Å². The second-order valence-corrected chi connectivity index (χ2v) is 4.80. The van der Waals surface area contributed by atoms with E-state index in [1.807, 2.05) is 32.0 Å². The van der Waals surface area contributed by atoms with Crippen molar-refractivity contribution in [2.24, 2.45) is 0 Å². The molecule has 0 radical (unpaired) electrons. The van der Waals surface area contributed by atoms with E-state index in [9.17, 15) is 0 Å². The van der Waals surface area contributed by atoms with Crippen molar-refractivity contribution in [1.29, 1.82) is 0 Å². The number of benzene rings is 1. The molecule has 0 spiro atoms. The maximum absolute atomic E-state index is 9.13. The molecule has 2 atom stereocenters. The highest BCUT2D eigenvalue weighted by atomic mass is 79.9. The topological polar surface area (TPSA) is 40.5 Å². The summed E-state index contributed by atoms with van der Waals surface area (Å²) in [5, 5.41) is 18.2. The van der Waals surface area contributed by atoms with Crippen LogP contribution >= 0.6 is 15.9 Å². The maximum Gasteiger partial charge on any atom is 0.0497 e. The minimum atomic E-state index is 0.116. The minimum Gasteiger partial charge on any atom is -0.396 e. The molecular weight excluding hydrogens is 256 g/mol. The van der Waals surface area contributed by atoms with Crippen LogP contribution in [0.5, 0.6) is 0 Å². The van der Waals surface area contributed by atoms with Crippen LogP contribution in [-0.4, -0.2) is 23.4 Å². The Kier molecular flexibility index (Phi) is 4.77. The highest BCUT2D eigenvalue weighted by molar-refractivity contribution is 9.10. The molecule has 0 aromatic heterocycles. The van der Waals surface area contributed by atoms with Crippen molar-refractivity contribution in [1.82, 2.24) is 0 Å². The fraction of sp³-hybridized carbons (Fsp3) is 0.500. The van der Waals surface area contributed by atoms with Gasteiger partial charge in [0, 0.05) is 29.5 Å². The standard InChI is InChI=1S/C12H17BrO2/c1-8(6-14)10-3-4-12(13)11(5-10)9(2)7-15/h3-5,8-9,14-15H,6-7H2,1-2H3. The molecule has 1 aromatic rings. The molecule has 0 fully saturated rings. The van der Waals surface area contributed by atoms with Crippen molar-refractivity contribution >= 4 is 15.9 Å². The Morgan fingerprint density at radius 2 is 1.73 bits per heavy atom. The SMILES string of the molecule is CC(CO)c1ccc(Br)c(C(C)CO)c1. The van der Waals surface area contributed by atoms with Crippen molar-refractivity contribution in [3.8, 4) is 0 Å². The van der Waals surface area contributed by atoms with Crippen LogP contribution < -0.4 is 0 Å². The first-order valence-corrected chi connectivity index (χ1v) is 5.90. The van der Waals surface area contributed by atoms with Crippen molar-refractivity contribution in [2.75, 3.05) is 13.2 Å². The van der Waals surface area contributed by atoms with Crippen LogP contribution in [-0.2, 0) is 0 Å². The Balaban J connectivity index is 3.05. The fourth-order valence-corrected chi connectivity index (χ4v) is 2.09. The zero-order valence-electron chi connectivity index (χ0n) is 9.07. The summed E-state index contributed by atoms with van der Waals surface area (Å²) in [6, 6.07) is 6.02. The van der Waals surface area contributed by atoms with Gasteiger partial charge in [-0.1, -0.05) is 41.9 Å². The number of hydrogen-bond acceptors (Lipinski definition) is 2. The van der Waals surface area contributed by atoms with E-state index >= 15 is 0 Å². The van der Waals surface area contributed by atoms with Gasteiger partial charge in [0.25, 0.3) is 0 Å². The summed E-state index contributed by atoms with van der Waals surface area (Å²) in [5.74, 6) is 0.257. The van der Waals surface area contributed by atoms with Crippen LogP contribution in [0.25, 0.3) is 0 Å². The average Bonchev–Trinajstić information content (AvgIpc) is 2.27. The molecule has 2 unspecified atom stereocenters. The highest BCUT2D eigenvalue weighted by Crippen LogP contribution is 2.28. The third-order valence-corrected chi connectivity index (χ3v) is 3.39. The monoisotopic (exact) mass is 272 g/mol. The molecule has 1 rings (SSSR count). The molecule has 0 amide bonds. The first-order valence-electron chi connectivity index (χ1n) is 5.11. The molecule has 3 heteroatoms. The van der Waals surface area contributed by atoms with Gasteiger partial charge in [-0.3, -0.25) is 0 Å². The van der Waals surface area contributed by atoms with Crippen LogP contribution in [0.3, 0.4) is 0 Å². The van der Waals surface area contributed by atoms with Gasteiger partial charge in [0.2, 0.25) is 0 Å². The van der Waals surface area contributed by atoms with Gasteiger partial charge in [-0.15, -0.1) is 0 Å². The van der Waals surface area contributed by atoms with E-state index in [1.165, 1.54) is 0 Å². The smallest absolute Gasteiger partial charge is 0.0497 e. The first-order chi connectivity index (χ1) is 7.10. The van der Waals surface area contributed by atoms with Crippen molar-refractivity contribution in [2.45, 2.75) is 25.7 Å². The predicted octanol–water partition coefficient (Wildman–Crippen LogP) is 2.64. The largest absolute Gasteiger partial charge is 0.396 e. The van der Waals surface area contributed by atoms with Gasteiger partial charge >= 0.3 is 0 Å². The summed E-state index contributed by atoms with van der Waals surface area (Å²) in [5.41, 5.74) is 2.20. The Morgan fingerprint density at radius 3 is 2.27 bits per heavy atom. The molecule has 2 N–H and O–H groups in total. The fourth-order valence-electron chi connectivity index (χ4n) is 1.45. The molecule has 1 aromatic carbocycles. The molecule has 84 valence electrons. The minimum absolute atomic E-state index is 0.116. The summed E-state index contributed by atoms with van der Waals surface area (Å²) in [6.45, 7) is 4.24. The van der Waals surface area contributed by atoms with E-state index < -0.39 is 0 Å². The second kappa shape index (κ2) is 5.64. The van der Waals surface area contributed by atoms with E-state index in [2.05, 4.69) is 15.9 Å². The quantitative estimate of drug-likeness (QED) is 0.885. The lowest BCUT2D eigenvalue weighted by Gasteiger charge is -2.15. The summed E-state index contributed by atoms with van der Waals surface area (Å²) in [6.07, 6.45) is 0. The molecule has 15 heavy (non-hydrogen) atoms. The van der Waals surface area contributed by atoms with Crippen LogP contribution in [0.15, 0.2) is 22.7 Å². The number of rotatable bonds is 4. The third kappa shape index (κ3) is 3.03. The Morgan fingerprint density at radius 1 is 1.13 bits per heavy atom. The van der Waals surface area contributed by atoms with Gasteiger partial charge in [0.15, 0.2) is 0 Å². The summed E-state index contributed by atoms with van der Waals surface area (Å²) < 4.78 is 1.01. The summed E-state index contributed by atoms with van der Waals surface area (Å²) >= 11 is 3.47. The molecule has 0 aliphatic rings. The van der Waals surface area contributed by atoms with Crippen LogP contribution in [0.4, 0.5) is 0 Å². The van der Waals surface area contributed by atoms with Gasteiger partial charge < -0.3 is 10.2 Å². The van der Waals surface area contributed by atoms with E-state index in [-0.39, 0.29) is 25.0 Å². The zero-order chi connectivity index (χ0) is 11.4.